The Hall–Kier alpha value is -0.0400. The van der Waals surface area contributed by atoms with Crippen molar-refractivity contribution in [2.75, 3.05) is 6.61 Å². The van der Waals surface area contributed by atoms with Crippen LogP contribution in [0.3, 0.4) is 0 Å². The van der Waals surface area contributed by atoms with Crippen LogP contribution < -0.4 is 0 Å². The monoisotopic (exact) mass is 184 g/mol. The molecule has 2 atom stereocenters. The van der Waals surface area contributed by atoms with Crippen LogP contribution in [0.25, 0.3) is 0 Å². The molecule has 0 aliphatic carbocycles. The second-order valence-corrected chi connectivity index (χ2v) is 4.96. The molecule has 0 radical (unpaired) electrons. The summed E-state index contributed by atoms with van der Waals surface area (Å²) in [5, 5.41) is 0. The summed E-state index contributed by atoms with van der Waals surface area (Å²) in [6.45, 7) is 7.97. The summed E-state index contributed by atoms with van der Waals surface area (Å²) in [6, 6.07) is 0. The smallest absolute Gasteiger partial charge is 0.0577 e. The predicted octanol–water partition coefficient (Wildman–Crippen LogP) is 3.63. The van der Waals surface area contributed by atoms with E-state index in [9.17, 15) is 0 Å². The van der Waals surface area contributed by atoms with Gasteiger partial charge in [-0.1, -0.05) is 20.8 Å². The first-order valence-electron chi connectivity index (χ1n) is 5.80. The normalized spacial score (nSPS) is 26.3. The summed E-state index contributed by atoms with van der Waals surface area (Å²) in [6.07, 6.45) is 7.14. The molecule has 1 unspecified atom stereocenters. The number of hydrogen-bond donors (Lipinski definition) is 0. The molecule has 1 saturated heterocycles. The van der Waals surface area contributed by atoms with E-state index in [-0.39, 0.29) is 0 Å². The van der Waals surface area contributed by atoms with Crippen molar-refractivity contribution in [2.24, 2.45) is 11.8 Å². The minimum Gasteiger partial charge on any atom is -0.378 e. The van der Waals surface area contributed by atoms with Crippen molar-refractivity contribution in [2.45, 2.75) is 59.0 Å². The Labute approximate surface area is 82.9 Å². The van der Waals surface area contributed by atoms with Crippen LogP contribution in [0, 0.1) is 11.8 Å². The van der Waals surface area contributed by atoms with E-state index in [1.807, 2.05) is 0 Å². The van der Waals surface area contributed by atoms with Gasteiger partial charge in [0.2, 0.25) is 0 Å². The fourth-order valence-corrected chi connectivity index (χ4v) is 2.34. The van der Waals surface area contributed by atoms with Crippen LogP contribution in [0.4, 0.5) is 0 Å². The topological polar surface area (TPSA) is 9.23 Å². The summed E-state index contributed by atoms with van der Waals surface area (Å²) < 4.78 is 5.73. The second-order valence-electron chi connectivity index (χ2n) is 4.96. The van der Waals surface area contributed by atoms with Crippen LogP contribution in [0.2, 0.25) is 0 Å². The highest BCUT2D eigenvalue weighted by atomic mass is 16.5. The highest BCUT2D eigenvalue weighted by Crippen LogP contribution is 2.23. The molecule has 1 nitrogen and oxygen atoms in total. The Kier molecular flexibility index (Phi) is 4.79. The molecular formula is C12H24O. The zero-order valence-electron chi connectivity index (χ0n) is 9.38. The molecule has 0 spiro atoms. The Morgan fingerprint density at radius 1 is 1.23 bits per heavy atom. The van der Waals surface area contributed by atoms with Crippen molar-refractivity contribution in [3.63, 3.8) is 0 Å². The molecule has 0 N–H and O–H groups in total. The molecule has 1 aliphatic heterocycles. The van der Waals surface area contributed by atoms with Gasteiger partial charge in [0, 0.05) is 6.61 Å². The highest BCUT2D eigenvalue weighted by molar-refractivity contribution is 4.68. The third kappa shape index (κ3) is 4.66. The molecule has 1 rings (SSSR count). The maximum Gasteiger partial charge on any atom is 0.0577 e. The number of hydrogen-bond acceptors (Lipinski definition) is 1. The van der Waals surface area contributed by atoms with Gasteiger partial charge in [-0.25, -0.2) is 0 Å². The van der Waals surface area contributed by atoms with E-state index < -0.39 is 0 Å². The van der Waals surface area contributed by atoms with E-state index in [2.05, 4.69) is 20.8 Å². The van der Waals surface area contributed by atoms with Gasteiger partial charge in [0.15, 0.2) is 0 Å². The molecule has 0 bridgehead atoms. The first kappa shape index (κ1) is 11.0. The lowest BCUT2D eigenvalue weighted by Crippen LogP contribution is -2.21. The summed E-state index contributed by atoms with van der Waals surface area (Å²) >= 11 is 0. The number of rotatable bonds is 4. The number of ether oxygens (including phenoxy) is 1. The van der Waals surface area contributed by atoms with Gasteiger partial charge in [0.1, 0.15) is 0 Å². The van der Waals surface area contributed by atoms with E-state index in [4.69, 9.17) is 4.74 Å². The maximum absolute atomic E-state index is 5.73. The second kappa shape index (κ2) is 5.64. The van der Waals surface area contributed by atoms with E-state index in [1.54, 1.807) is 0 Å². The Morgan fingerprint density at radius 2 is 2.00 bits per heavy atom. The third-order valence-electron chi connectivity index (χ3n) is 2.81. The van der Waals surface area contributed by atoms with Gasteiger partial charge < -0.3 is 4.74 Å². The molecule has 0 amide bonds. The lowest BCUT2D eigenvalue weighted by molar-refractivity contribution is 0.00139. The first-order valence-corrected chi connectivity index (χ1v) is 5.80. The van der Waals surface area contributed by atoms with Crippen LogP contribution in [-0.4, -0.2) is 12.7 Å². The summed E-state index contributed by atoms with van der Waals surface area (Å²) in [4.78, 5) is 0. The SMILES string of the molecule is CC(C)CC(C)C[C@H]1CCCCO1. The summed E-state index contributed by atoms with van der Waals surface area (Å²) in [5.74, 6) is 1.67. The van der Waals surface area contributed by atoms with Crippen LogP contribution in [0.1, 0.15) is 52.9 Å². The summed E-state index contributed by atoms with van der Waals surface area (Å²) in [7, 11) is 0. The van der Waals surface area contributed by atoms with E-state index >= 15 is 0 Å². The van der Waals surface area contributed by atoms with Crippen molar-refractivity contribution < 1.29 is 4.74 Å². The highest BCUT2D eigenvalue weighted by Gasteiger charge is 2.17. The first-order chi connectivity index (χ1) is 6.18. The molecule has 1 fully saturated rings. The average Bonchev–Trinajstić information content (AvgIpc) is 2.04. The van der Waals surface area contributed by atoms with Gasteiger partial charge in [0.05, 0.1) is 6.10 Å². The fraction of sp³-hybridized carbons (Fsp3) is 1.00. The average molecular weight is 184 g/mol. The minimum atomic E-state index is 0.572. The Bertz CT molecular complexity index is 125. The van der Waals surface area contributed by atoms with Crippen molar-refractivity contribution in [1.29, 1.82) is 0 Å². The molecule has 78 valence electrons. The standard InChI is InChI=1S/C12H24O/c1-10(2)8-11(3)9-12-6-4-5-7-13-12/h10-12H,4-9H2,1-3H3/t11?,12-/m1/s1. The van der Waals surface area contributed by atoms with E-state index in [0.717, 1.165) is 18.4 Å². The minimum absolute atomic E-state index is 0.572. The van der Waals surface area contributed by atoms with Crippen LogP contribution in [-0.2, 0) is 4.74 Å². The molecule has 1 aliphatic rings. The Morgan fingerprint density at radius 3 is 2.54 bits per heavy atom. The van der Waals surface area contributed by atoms with Crippen LogP contribution in [0.5, 0.6) is 0 Å². The maximum atomic E-state index is 5.73. The zero-order chi connectivity index (χ0) is 9.68. The molecule has 1 heteroatoms. The molecule has 1 heterocycles. The van der Waals surface area contributed by atoms with E-state index in [1.165, 1.54) is 32.1 Å². The van der Waals surface area contributed by atoms with E-state index in [0.29, 0.717) is 6.10 Å². The molecule has 0 saturated carbocycles. The molecular weight excluding hydrogens is 160 g/mol. The molecule has 0 aromatic carbocycles. The van der Waals surface area contributed by atoms with Crippen LogP contribution >= 0.6 is 0 Å². The van der Waals surface area contributed by atoms with Crippen molar-refractivity contribution in [3.05, 3.63) is 0 Å². The van der Waals surface area contributed by atoms with Gasteiger partial charge >= 0.3 is 0 Å². The molecule has 0 aromatic heterocycles. The van der Waals surface area contributed by atoms with Crippen molar-refractivity contribution >= 4 is 0 Å². The van der Waals surface area contributed by atoms with Crippen molar-refractivity contribution in [3.8, 4) is 0 Å². The quantitative estimate of drug-likeness (QED) is 0.648. The molecule has 13 heavy (non-hydrogen) atoms. The molecule has 0 aromatic rings. The van der Waals surface area contributed by atoms with Gasteiger partial charge in [-0.05, 0) is 43.9 Å². The Balaban J connectivity index is 2.14. The van der Waals surface area contributed by atoms with Gasteiger partial charge in [-0.2, -0.15) is 0 Å². The zero-order valence-corrected chi connectivity index (χ0v) is 9.38. The van der Waals surface area contributed by atoms with Crippen LogP contribution in [0.15, 0.2) is 0 Å². The lowest BCUT2D eigenvalue weighted by Gasteiger charge is -2.25. The van der Waals surface area contributed by atoms with Gasteiger partial charge in [0.25, 0.3) is 0 Å². The third-order valence-corrected chi connectivity index (χ3v) is 2.81. The lowest BCUT2D eigenvalue weighted by atomic mass is 9.91. The van der Waals surface area contributed by atoms with Gasteiger partial charge in [-0.15, -0.1) is 0 Å². The van der Waals surface area contributed by atoms with Gasteiger partial charge in [-0.3, -0.25) is 0 Å². The largest absolute Gasteiger partial charge is 0.378 e. The predicted molar refractivity (Wildman–Crippen MR) is 56.8 cm³/mol. The van der Waals surface area contributed by atoms with Crippen molar-refractivity contribution in [1.82, 2.24) is 0 Å². The summed E-state index contributed by atoms with van der Waals surface area (Å²) in [5.41, 5.74) is 0. The fourth-order valence-electron chi connectivity index (χ4n) is 2.34.